The molecule has 0 amide bonds. The monoisotopic (exact) mass is 324 g/mol. The van der Waals surface area contributed by atoms with Crippen molar-refractivity contribution in [2.45, 2.75) is 36.9 Å². The van der Waals surface area contributed by atoms with Crippen LogP contribution in [0.2, 0.25) is 0 Å². The minimum Gasteiger partial charge on any atom is -0.496 e. The summed E-state index contributed by atoms with van der Waals surface area (Å²) in [5, 5.41) is 38.4. The first-order chi connectivity index (χ1) is 10.9. The van der Waals surface area contributed by atoms with Gasteiger partial charge in [-0.05, 0) is 12.1 Å². The standard InChI is InChI=1S/C16H20O7/c1-22-11-5-3-2-4-9(11)6-7-13(18)23-12-8-10(17)14(19)16(21)15(12)20/h2-7,10,12,14-17,19-21H,8H2,1H3/b7-6+/t10-,12+,14+,15+,16-/m1/s1. The highest BCUT2D eigenvalue weighted by Crippen LogP contribution is 2.24. The van der Waals surface area contributed by atoms with Gasteiger partial charge in [-0.3, -0.25) is 0 Å². The maximum atomic E-state index is 11.8. The summed E-state index contributed by atoms with van der Waals surface area (Å²) in [5.74, 6) is -0.154. The Morgan fingerprint density at radius 3 is 2.52 bits per heavy atom. The molecule has 0 unspecified atom stereocenters. The van der Waals surface area contributed by atoms with Gasteiger partial charge in [0, 0.05) is 18.1 Å². The highest BCUT2D eigenvalue weighted by molar-refractivity contribution is 5.87. The SMILES string of the molecule is COc1ccccc1/C=C/C(=O)O[C@H]1C[C@@H](O)[C@H](O)[C@@H](O)[C@H]1O. The van der Waals surface area contributed by atoms with Gasteiger partial charge in [0.25, 0.3) is 0 Å². The van der Waals surface area contributed by atoms with Crippen molar-refractivity contribution >= 4 is 12.0 Å². The van der Waals surface area contributed by atoms with Gasteiger partial charge in [0.2, 0.25) is 0 Å². The Labute approximate surface area is 133 Å². The third kappa shape index (κ3) is 4.08. The van der Waals surface area contributed by atoms with Crippen LogP contribution in [-0.2, 0) is 9.53 Å². The van der Waals surface area contributed by atoms with Crippen LogP contribution < -0.4 is 4.74 Å². The van der Waals surface area contributed by atoms with E-state index in [0.29, 0.717) is 11.3 Å². The molecular formula is C16H20O7. The van der Waals surface area contributed by atoms with E-state index >= 15 is 0 Å². The number of methoxy groups -OCH3 is 1. The molecule has 1 fully saturated rings. The van der Waals surface area contributed by atoms with Crippen molar-refractivity contribution in [3.63, 3.8) is 0 Å². The van der Waals surface area contributed by atoms with Crippen molar-refractivity contribution in [1.82, 2.24) is 0 Å². The summed E-state index contributed by atoms with van der Waals surface area (Å²) >= 11 is 0. The summed E-state index contributed by atoms with van der Waals surface area (Å²) in [7, 11) is 1.51. The molecule has 0 radical (unpaired) electrons. The molecule has 0 aliphatic heterocycles. The molecule has 1 aliphatic rings. The van der Waals surface area contributed by atoms with Gasteiger partial charge in [-0.25, -0.2) is 4.79 Å². The van der Waals surface area contributed by atoms with E-state index in [1.807, 2.05) is 0 Å². The van der Waals surface area contributed by atoms with Crippen LogP contribution in [0.3, 0.4) is 0 Å². The number of carbonyl (C=O) groups excluding carboxylic acids is 1. The van der Waals surface area contributed by atoms with Crippen molar-refractivity contribution in [2.24, 2.45) is 0 Å². The number of benzene rings is 1. The zero-order valence-corrected chi connectivity index (χ0v) is 12.6. The average Bonchev–Trinajstić information content (AvgIpc) is 2.56. The molecule has 0 heterocycles. The third-order valence-electron chi connectivity index (χ3n) is 3.75. The highest BCUT2D eigenvalue weighted by atomic mass is 16.6. The molecule has 0 aromatic heterocycles. The molecule has 7 heteroatoms. The Kier molecular flexibility index (Phi) is 5.73. The van der Waals surface area contributed by atoms with E-state index in [9.17, 15) is 25.2 Å². The van der Waals surface area contributed by atoms with Crippen molar-refractivity contribution < 1.29 is 34.7 Å². The Morgan fingerprint density at radius 1 is 1.13 bits per heavy atom. The van der Waals surface area contributed by atoms with Crippen LogP contribution in [0.5, 0.6) is 5.75 Å². The molecule has 0 spiro atoms. The maximum Gasteiger partial charge on any atom is 0.331 e. The second-order valence-corrected chi connectivity index (χ2v) is 5.33. The molecule has 0 bridgehead atoms. The number of hydrogen-bond donors (Lipinski definition) is 4. The number of para-hydroxylation sites is 1. The second kappa shape index (κ2) is 7.56. The fraction of sp³-hybridized carbons (Fsp3) is 0.438. The molecule has 23 heavy (non-hydrogen) atoms. The summed E-state index contributed by atoms with van der Waals surface area (Å²) in [5.41, 5.74) is 0.673. The minimum atomic E-state index is -1.57. The number of aliphatic hydroxyl groups excluding tert-OH is 4. The van der Waals surface area contributed by atoms with E-state index in [2.05, 4.69) is 0 Å². The van der Waals surface area contributed by atoms with Crippen LogP contribution in [0.15, 0.2) is 30.3 Å². The molecule has 1 aromatic carbocycles. The molecule has 4 N–H and O–H groups in total. The number of esters is 1. The molecule has 0 saturated heterocycles. The summed E-state index contributed by atoms with van der Waals surface area (Å²) in [4.78, 5) is 11.8. The van der Waals surface area contributed by atoms with Crippen LogP contribution in [0.25, 0.3) is 6.08 Å². The number of rotatable bonds is 4. The molecule has 2 rings (SSSR count). The molecular weight excluding hydrogens is 304 g/mol. The lowest BCUT2D eigenvalue weighted by Gasteiger charge is -2.37. The Balaban J connectivity index is 2.00. The van der Waals surface area contributed by atoms with Gasteiger partial charge < -0.3 is 29.9 Å². The molecule has 1 aliphatic carbocycles. The lowest BCUT2D eigenvalue weighted by molar-refractivity contribution is -0.193. The zero-order valence-electron chi connectivity index (χ0n) is 12.6. The van der Waals surface area contributed by atoms with E-state index in [1.165, 1.54) is 13.2 Å². The zero-order chi connectivity index (χ0) is 17.0. The van der Waals surface area contributed by atoms with E-state index in [1.54, 1.807) is 24.3 Å². The van der Waals surface area contributed by atoms with E-state index < -0.39 is 36.5 Å². The highest BCUT2D eigenvalue weighted by Gasteiger charge is 2.43. The predicted octanol–water partition coefficient (Wildman–Crippen LogP) is -0.532. The summed E-state index contributed by atoms with van der Waals surface area (Å²) in [6.45, 7) is 0. The number of hydrogen-bond acceptors (Lipinski definition) is 7. The van der Waals surface area contributed by atoms with E-state index in [0.717, 1.165) is 6.08 Å². The van der Waals surface area contributed by atoms with Crippen molar-refractivity contribution in [2.75, 3.05) is 7.11 Å². The van der Waals surface area contributed by atoms with E-state index in [4.69, 9.17) is 9.47 Å². The number of aliphatic hydroxyl groups is 4. The molecule has 1 saturated carbocycles. The van der Waals surface area contributed by atoms with E-state index in [-0.39, 0.29) is 6.42 Å². The fourth-order valence-electron chi connectivity index (χ4n) is 2.43. The molecule has 5 atom stereocenters. The lowest BCUT2D eigenvalue weighted by Crippen LogP contribution is -2.56. The van der Waals surface area contributed by atoms with Crippen LogP contribution >= 0.6 is 0 Å². The number of ether oxygens (including phenoxy) is 2. The van der Waals surface area contributed by atoms with Gasteiger partial charge in [0.05, 0.1) is 13.2 Å². The van der Waals surface area contributed by atoms with Gasteiger partial charge in [-0.15, -0.1) is 0 Å². The van der Waals surface area contributed by atoms with Gasteiger partial charge in [0.15, 0.2) is 0 Å². The summed E-state index contributed by atoms with van der Waals surface area (Å²) in [6.07, 6.45) is -4.38. The molecule has 1 aromatic rings. The maximum absolute atomic E-state index is 11.8. The van der Waals surface area contributed by atoms with Gasteiger partial charge in [-0.1, -0.05) is 18.2 Å². The first-order valence-electron chi connectivity index (χ1n) is 7.18. The first-order valence-corrected chi connectivity index (χ1v) is 7.18. The van der Waals surface area contributed by atoms with Gasteiger partial charge in [0.1, 0.15) is 30.2 Å². The van der Waals surface area contributed by atoms with Crippen LogP contribution in [0, 0.1) is 0 Å². The van der Waals surface area contributed by atoms with Gasteiger partial charge >= 0.3 is 5.97 Å². The normalized spacial score (nSPS) is 31.1. The Hall–Kier alpha value is -1.93. The summed E-state index contributed by atoms with van der Waals surface area (Å²) < 4.78 is 10.2. The Morgan fingerprint density at radius 2 is 1.83 bits per heavy atom. The second-order valence-electron chi connectivity index (χ2n) is 5.33. The smallest absolute Gasteiger partial charge is 0.331 e. The average molecular weight is 324 g/mol. The quantitative estimate of drug-likeness (QED) is 0.434. The molecule has 7 nitrogen and oxygen atoms in total. The molecule has 126 valence electrons. The lowest BCUT2D eigenvalue weighted by atomic mass is 9.87. The van der Waals surface area contributed by atoms with Gasteiger partial charge in [-0.2, -0.15) is 0 Å². The topological polar surface area (TPSA) is 116 Å². The minimum absolute atomic E-state index is 0.159. The van der Waals surface area contributed by atoms with Crippen molar-refractivity contribution in [1.29, 1.82) is 0 Å². The van der Waals surface area contributed by atoms with Crippen LogP contribution in [0.4, 0.5) is 0 Å². The number of carbonyl (C=O) groups is 1. The van der Waals surface area contributed by atoms with Crippen LogP contribution in [0.1, 0.15) is 12.0 Å². The predicted molar refractivity (Wildman–Crippen MR) is 80.6 cm³/mol. The third-order valence-corrected chi connectivity index (χ3v) is 3.75. The fourth-order valence-corrected chi connectivity index (χ4v) is 2.43. The summed E-state index contributed by atoms with van der Waals surface area (Å²) in [6, 6.07) is 7.07. The first kappa shape index (κ1) is 17.4. The largest absolute Gasteiger partial charge is 0.496 e. The Bertz CT molecular complexity index is 571. The van der Waals surface area contributed by atoms with Crippen LogP contribution in [-0.4, -0.2) is 64.0 Å². The van der Waals surface area contributed by atoms with Crippen molar-refractivity contribution in [3.05, 3.63) is 35.9 Å². The van der Waals surface area contributed by atoms with Crippen molar-refractivity contribution in [3.8, 4) is 5.75 Å².